The second-order valence-electron chi connectivity index (χ2n) is 3.86. The summed E-state index contributed by atoms with van der Waals surface area (Å²) in [6.07, 6.45) is 0.160. The number of non-ortho nitro benzene ring substituents is 1. The highest BCUT2D eigenvalue weighted by Crippen LogP contribution is 2.28. The van der Waals surface area contributed by atoms with E-state index in [0.717, 1.165) is 12.1 Å². The average molecular weight is 304 g/mol. The van der Waals surface area contributed by atoms with Gasteiger partial charge in [-0.1, -0.05) is 0 Å². The molecule has 0 fully saturated rings. The minimum Gasteiger partial charge on any atom is -0.379 e. The molecule has 20 heavy (non-hydrogen) atoms. The summed E-state index contributed by atoms with van der Waals surface area (Å²) in [5.41, 5.74) is -0.767. The predicted octanol–water partition coefficient (Wildman–Crippen LogP) is 0.593. The normalized spacial score (nSPS) is 11.1. The van der Waals surface area contributed by atoms with Crippen LogP contribution in [0.3, 0.4) is 0 Å². The van der Waals surface area contributed by atoms with Crippen molar-refractivity contribution in [3.05, 3.63) is 38.4 Å². The monoisotopic (exact) mass is 304 g/mol. The molecule has 0 aliphatic rings. The lowest BCUT2D eigenvalue weighted by Crippen LogP contribution is -2.18. The molecule has 0 aromatic heterocycles. The highest BCUT2D eigenvalue weighted by Gasteiger charge is 2.19. The molecule has 0 atom stereocenters. The first-order chi connectivity index (χ1) is 9.20. The Kier molecular flexibility index (Phi) is 4.94. The van der Waals surface area contributed by atoms with E-state index in [4.69, 9.17) is 5.14 Å². The molecule has 0 radical (unpaired) electrons. The van der Waals surface area contributed by atoms with E-state index in [1.54, 1.807) is 0 Å². The third-order valence-electron chi connectivity index (χ3n) is 2.31. The quantitative estimate of drug-likeness (QED) is 0.423. The van der Waals surface area contributed by atoms with Crippen molar-refractivity contribution < 1.29 is 18.3 Å². The minimum absolute atomic E-state index is 0.0787. The second-order valence-corrected chi connectivity index (χ2v) is 5.60. The molecule has 1 aromatic rings. The van der Waals surface area contributed by atoms with E-state index in [1.165, 1.54) is 6.07 Å². The zero-order valence-corrected chi connectivity index (χ0v) is 11.0. The minimum atomic E-state index is -3.59. The SMILES string of the molecule is NS(=O)(=O)CCCNc1ccc([N+](=O)[O-])cc1[N+](=O)[O-]. The Morgan fingerprint density at radius 3 is 2.35 bits per heavy atom. The van der Waals surface area contributed by atoms with Gasteiger partial charge < -0.3 is 5.32 Å². The Morgan fingerprint density at radius 1 is 1.20 bits per heavy atom. The van der Waals surface area contributed by atoms with E-state index in [0.29, 0.717) is 0 Å². The van der Waals surface area contributed by atoms with Gasteiger partial charge in [-0.3, -0.25) is 20.2 Å². The first kappa shape index (κ1) is 15.8. The maximum atomic E-state index is 10.8. The molecule has 0 spiro atoms. The van der Waals surface area contributed by atoms with E-state index in [9.17, 15) is 28.6 Å². The van der Waals surface area contributed by atoms with Crippen LogP contribution in [0, 0.1) is 20.2 Å². The fourth-order valence-electron chi connectivity index (χ4n) is 1.43. The molecule has 0 aliphatic carbocycles. The van der Waals surface area contributed by atoms with Crippen LogP contribution in [0.4, 0.5) is 17.1 Å². The highest BCUT2D eigenvalue weighted by molar-refractivity contribution is 7.89. The van der Waals surface area contributed by atoms with Crippen LogP contribution >= 0.6 is 0 Å². The molecule has 11 heteroatoms. The average Bonchev–Trinajstić information content (AvgIpc) is 2.33. The molecular weight excluding hydrogens is 292 g/mol. The fourth-order valence-corrected chi connectivity index (χ4v) is 1.98. The lowest BCUT2D eigenvalue weighted by molar-refractivity contribution is -0.393. The van der Waals surface area contributed by atoms with Crippen LogP contribution in [0.5, 0.6) is 0 Å². The van der Waals surface area contributed by atoms with E-state index in [1.807, 2.05) is 0 Å². The molecule has 0 saturated heterocycles. The van der Waals surface area contributed by atoms with Crippen LogP contribution < -0.4 is 10.5 Å². The van der Waals surface area contributed by atoms with Crippen molar-refractivity contribution in [2.24, 2.45) is 5.14 Å². The van der Waals surface area contributed by atoms with Gasteiger partial charge in [0.1, 0.15) is 5.69 Å². The van der Waals surface area contributed by atoms with Gasteiger partial charge in [0, 0.05) is 12.6 Å². The van der Waals surface area contributed by atoms with E-state index < -0.39 is 31.2 Å². The molecule has 3 N–H and O–H groups in total. The molecule has 1 aromatic carbocycles. The molecule has 0 aliphatic heterocycles. The number of hydrogen-bond acceptors (Lipinski definition) is 7. The first-order valence-electron chi connectivity index (χ1n) is 5.38. The number of nitrogens with one attached hydrogen (secondary N) is 1. The maximum absolute atomic E-state index is 10.8. The summed E-state index contributed by atoms with van der Waals surface area (Å²) in [5, 5.41) is 28.8. The van der Waals surface area contributed by atoms with Crippen LogP contribution in [-0.4, -0.2) is 30.6 Å². The number of benzene rings is 1. The first-order valence-corrected chi connectivity index (χ1v) is 7.09. The lowest BCUT2D eigenvalue weighted by Gasteiger charge is -2.06. The summed E-state index contributed by atoms with van der Waals surface area (Å²) >= 11 is 0. The van der Waals surface area contributed by atoms with Crippen molar-refractivity contribution in [2.75, 3.05) is 17.6 Å². The Morgan fingerprint density at radius 2 is 1.85 bits per heavy atom. The number of nitro groups is 2. The van der Waals surface area contributed by atoms with Gasteiger partial charge in [0.25, 0.3) is 11.4 Å². The summed E-state index contributed by atoms with van der Waals surface area (Å²) in [6, 6.07) is 3.16. The molecule has 0 amide bonds. The van der Waals surface area contributed by atoms with Crippen molar-refractivity contribution in [3.8, 4) is 0 Å². The van der Waals surface area contributed by atoms with E-state index in [2.05, 4.69) is 5.32 Å². The number of hydrogen-bond donors (Lipinski definition) is 2. The standard InChI is InChI=1S/C9H12N4O6S/c10-20(18,19)5-1-4-11-8-3-2-7(12(14)15)6-9(8)13(16)17/h2-3,6,11H,1,4-5H2,(H2,10,18,19). The Hall–Kier alpha value is -2.27. The van der Waals surface area contributed by atoms with Crippen molar-refractivity contribution >= 4 is 27.1 Å². The molecule has 0 bridgehead atoms. The molecule has 110 valence electrons. The summed E-state index contributed by atoms with van der Waals surface area (Å²) in [7, 11) is -3.59. The van der Waals surface area contributed by atoms with Gasteiger partial charge in [-0.05, 0) is 12.5 Å². The largest absolute Gasteiger partial charge is 0.379 e. The number of nitrogens with two attached hydrogens (primary N) is 1. The fraction of sp³-hybridized carbons (Fsp3) is 0.333. The van der Waals surface area contributed by atoms with Crippen molar-refractivity contribution in [1.82, 2.24) is 0 Å². The van der Waals surface area contributed by atoms with Crippen LogP contribution in [0.1, 0.15) is 6.42 Å². The molecule has 10 nitrogen and oxygen atoms in total. The number of primary sulfonamides is 1. The third kappa shape index (κ3) is 4.78. The van der Waals surface area contributed by atoms with Crippen LogP contribution in [0.2, 0.25) is 0 Å². The third-order valence-corrected chi connectivity index (χ3v) is 3.17. The summed E-state index contributed by atoms with van der Waals surface area (Å²) < 4.78 is 21.4. The zero-order chi connectivity index (χ0) is 15.3. The van der Waals surface area contributed by atoms with Gasteiger partial charge in [0.05, 0.1) is 21.7 Å². The van der Waals surface area contributed by atoms with Crippen LogP contribution in [-0.2, 0) is 10.0 Å². The van der Waals surface area contributed by atoms with Crippen molar-refractivity contribution in [3.63, 3.8) is 0 Å². The molecule has 1 rings (SSSR count). The Balaban J connectivity index is 2.79. The van der Waals surface area contributed by atoms with Crippen LogP contribution in [0.25, 0.3) is 0 Å². The molecule has 0 saturated carbocycles. The number of nitro benzene ring substituents is 2. The number of sulfonamides is 1. The van der Waals surface area contributed by atoms with Gasteiger partial charge in [0.15, 0.2) is 0 Å². The summed E-state index contributed by atoms with van der Waals surface area (Å²) in [5.74, 6) is -0.263. The van der Waals surface area contributed by atoms with Gasteiger partial charge in [0.2, 0.25) is 10.0 Å². The van der Waals surface area contributed by atoms with Gasteiger partial charge in [-0.15, -0.1) is 0 Å². The molecular formula is C9H12N4O6S. The zero-order valence-electron chi connectivity index (χ0n) is 10.2. The van der Waals surface area contributed by atoms with E-state index in [-0.39, 0.29) is 24.4 Å². The smallest absolute Gasteiger partial charge is 0.299 e. The Labute approximate surface area is 113 Å². The lowest BCUT2D eigenvalue weighted by atomic mass is 10.2. The molecule has 0 heterocycles. The summed E-state index contributed by atoms with van der Waals surface area (Å²) in [6.45, 7) is 0.134. The summed E-state index contributed by atoms with van der Waals surface area (Å²) in [4.78, 5) is 19.9. The van der Waals surface area contributed by atoms with E-state index >= 15 is 0 Å². The highest BCUT2D eigenvalue weighted by atomic mass is 32.2. The van der Waals surface area contributed by atoms with Gasteiger partial charge >= 0.3 is 0 Å². The number of rotatable bonds is 7. The van der Waals surface area contributed by atoms with Crippen molar-refractivity contribution in [1.29, 1.82) is 0 Å². The number of anilines is 1. The predicted molar refractivity (Wildman–Crippen MR) is 70.8 cm³/mol. The maximum Gasteiger partial charge on any atom is 0.299 e. The Bertz CT molecular complexity index is 629. The van der Waals surface area contributed by atoms with Crippen molar-refractivity contribution in [2.45, 2.75) is 6.42 Å². The van der Waals surface area contributed by atoms with Gasteiger partial charge in [-0.25, -0.2) is 13.6 Å². The topological polar surface area (TPSA) is 158 Å². The van der Waals surface area contributed by atoms with Gasteiger partial charge in [-0.2, -0.15) is 0 Å². The molecule has 0 unspecified atom stereocenters. The number of nitrogens with zero attached hydrogens (tertiary/aromatic N) is 2. The van der Waals surface area contributed by atoms with Crippen LogP contribution in [0.15, 0.2) is 18.2 Å². The second kappa shape index (κ2) is 6.25.